The van der Waals surface area contributed by atoms with Crippen molar-refractivity contribution in [2.24, 2.45) is 5.84 Å². The Hall–Kier alpha value is -1.14. The molecule has 0 aliphatic rings. The van der Waals surface area contributed by atoms with Crippen molar-refractivity contribution >= 4 is 17.2 Å². The molecule has 0 saturated heterocycles. The van der Waals surface area contributed by atoms with Gasteiger partial charge in [0.25, 0.3) is 0 Å². The first-order chi connectivity index (χ1) is 6.74. The van der Waals surface area contributed by atoms with Crippen LogP contribution in [-0.2, 0) is 11.3 Å². The highest BCUT2D eigenvalue weighted by atomic mass is 32.1. The molecule has 0 aliphatic carbocycles. The predicted octanol–water partition coefficient (Wildman–Crippen LogP) is 0.0700. The Morgan fingerprint density at radius 1 is 1.57 bits per heavy atom. The second-order valence-corrected chi connectivity index (χ2v) is 3.74. The molecule has 14 heavy (non-hydrogen) atoms. The fraction of sp³-hybridized carbons (Fsp3) is 0.500. The van der Waals surface area contributed by atoms with E-state index in [1.807, 2.05) is 0 Å². The normalized spacial score (nSPS) is 10.1. The largest absolute Gasteiger partial charge is 0.307 e. The first-order valence-corrected chi connectivity index (χ1v) is 5.25. The van der Waals surface area contributed by atoms with Crippen LogP contribution in [0.2, 0.25) is 0 Å². The molecular weight excluding hydrogens is 202 g/mol. The number of unbranched alkanes of at least 4 members (excludes halogenated alkanes) is 1. The summed E-state index contributed by atoms with van der Waals surface area (Å²) in [5.74, 6) is 4.76. The van der Waals surface area contributed by atoms with Crippen molar-refractivity contribution in [1.29, 1.82) is 0 Å². The molecule has 0 spiro atoms. The van der Waals surface area contributed by atoms with Gasteiger partial charge in [0.05, 0.1) is 0 Å². The Kier molecular flexibility index (Phi) is 4.34. The molecule has 5 nitrogen and oxygen atoms in total. The van der Waals surface area contributed by atoms with E-state index in [2.05, 4.69) is 5.43 Å². The lowest BCUT2D eigenvalue weighted by Crippen LogP contribution is -2.29. The minimum atomic E-state index is -0.164. The fourth-order valence-electron chi connectivity index (χ4n) is 1.10. The van der Waals surface area contributed by atoms with Gasteiger partial charge < -0.3 is 4.57 Å². The summed E-state index contributed by atoms with van der Waals surface area (Å²) >= 11 is 1.18. The number of hydrazine groups is 1. The zero-order chi connectivity index (χ0) is 10.4. The third-order valence-electron chi connectivity index (χ3n) is 1.86. The van der Waals surface area contributed by atoms with Crippen LogP contribution >= 0.6 is 11.3 Å². The van der Waals surface area contributed by atoms with Gasteiger partial charge in [0.1, 0.15) is 0 Å². The van der Waals surface area contributed by atoms with E-state index in [4.69, 9.17) is 5.84 Å². The van der Waals surface area contributed by atoms with Gasteiger partial charge in [-0.25, -0.2) is 5.84 Å². The number of hydrogen-bond donors (Lipinski definition) is 2. The Labute approximate surface area is 85.5 Å². The van der Waals surface area contributed by atoms with Gasteiger partial charge in [0.2, 0.25) is 5.91 Å². The van der Waals surface area contributed by atoms with Gasteiger partial charge in [-0.2, -0.15) is 0 Å². The topological polar surface area (TPSA) is 77.1 Å². The molecule has 6 heteroatoms. The number of nitrogens with one attached hydrogen (secondary N) is 1. The number of aryl methyl sites for hydroxylation is 1. The van der Waals surface area contributed by atoms with Gasteiger partial charge >= 0.3 is 4.87 Å². The highest BCUT2D eigenvalue weighted by molar-refractivity contribution is 7.07. The number of hydrogen-bond acceptors (Lipinski definition) is 4. The number of carbonyl (C=O) groups excluding carboxylic acids is 1. The van der Waals surface area contributed by atoms with Crippen LogP contribution in [0.4, 0.5) is 0 Å². The lowest BCUT2D eigenvalue weighted by molar-refractivity contribution is -0.121. The van der Waals surface area contributed by atoms with Crippen LogP contribution < -0.4 is 16.1 Å². The van der Waals surface area contributed by atoms with Crippen LogP contribution in [0, 0.1) is 0 Å². The van der Waals surface area contributed by atoms with E-state index in [0.29, 0.717) is 13.0 Å². The fourth-order valence-corrected chi connectivity index (χ4v) is 1.71. The van der Waals surface area contributed by atoms with Gasteiger partial charge in [0, 0.05) is 24.5 Å². The Balaban J connectivity index is 2.20. The molecule has 0 atom stereocenters. The van der Waals surface area contributed by atoms with Crippen molar-refractivity contribution in [2.75, 3.05) is 0 Å². The minimum Gasteiger partial charge on any atom is -0.306 e. The molecule has 78 valence electrons. The number of thiazole rings is 1. The molecule has 0 unspecified atom stereocenters. The van der Waals surface area contributed by atoms with E-state index in [9.17, 15) is 9.59 Å². The summed E-state index contributed by atoms with van der Waals surface area (Å²) in [5.41, 5.74) is 2.06. The van der Waals surface area contributed by atoms with Gasteiger partial charge in [-0.3, -0.25) is 15.0 Å². The highest BCUT2D eigenvalue weighted by Gasteiger charge is 1.99. The van der Waals surface area contributed by atoms with Crippen molar-refractivity contribution in [2.45, 2.75) is 25.8 Å². The van der Waals surface area contributed by atoms with Crippen molar-refractivity contribution in [3.63, 3.8) is 0 Å². The van der Waals surface area contributed by atoms with Crippen molar-refractivity contribution < 1.29 is 4.79 Å². The minimum absolute atomic E-state index is 0.0493. The third-order valence-corrected chi connectivity index (χ3v) is 2.55. The summed E-state index contributed by atoms with van der Waals surface area (Å²) < 4.78 is 1.64. The van der Waals surface area contributed by atoms with Crippen LogP contribution in [0.5, 0.6) is 0 Å². The van der Waals surface area contributed by atoms with Crippen LogP contribution in [-0.4, -0.2) is 10.5 Å². The Morgan fingerprint density at radius 3 is 2.93 bits per heavy atom. The second kappa shape index (κ2) is 5.56. The van der Waals surface area contributed by atoms with Crippen molar-refractivity contribution in [1.82, 2.24) is 9.99 Å². The maximum Gasteiger partial charge on any atom is 0.307 e. The van der Waals surface area contributed by atoms with Crippen molar-refractivity contribution in [3.8, 4) is 0 Å². The molecule has 0 saturated carbocycles. The number of carbonyl (C=O) groups is 1. The van der Waals surface area contributed by atoms with E-state index in [1.165, 1.54) is 11.3 Å². The smallest absolute Gasteiger partial charge is 0.306 e. The third kappa shape index (κ3) is 3.31. The lowest BCUT2D eigenvalue weighted by atomic mass is 10.2. The van der Waals surface area contributed by atoms with Crippen LogP contribution in [0.15, 0.2) is 16.4 Å². The van der Waals surface area contributed by atoms with Gasteiger partial charge in [-0.15, -0.1) is 0 Å². The molecule has 1 aromatic rings. The molecule has 0 aliphatic heterocycles. The Bertz CT molecular complexity index is 344. The molecule has 0 bridgehead atoms. The molecule has 0 aromatic carbocycles. The molecular formula is C8H13N3O2S. The first-order valence-electron chi connectivity index (χ1n) is 4.37. The predicted molar refractivity (Wildman–Crippen MR) is 54.8 cm³/mol. The molecule has 0 fully saturated rings. The summed E-state index contributed by atoms with van der Waals surface area (Å²) in [4.78, 5) is 21.9. The molecule has 1 rings (SSSR count). The summed E-state index contributed by atoms with van der Waals surface area (Å²) in [6.45, 7) is 0.667. The van der Waals surface area contributed by atoms with Crippen LogP contribution in [0.3, 0.4) is 0 Å². The summed E-state index contributed by atoms with van der Waals surface area (Å²) in [5, 5.41) is 1.76. The maximum absolute atomic E-state index is 11.1. The number of nitrogens with zero attached hydrogens (tertiary/aromatic N) is 1. The number of amides is 1. The summed E-state index contributed by atoms with van der Waals surface area (Å²) in [6, 6.07) is 0. The van der Waals surface area contributed by atoms with Crippen LogP contribution in [0.25, 0.3) is 0 Å². The molecule has 1 aromatic heterocycles. The monoisotopic (exact) mass is 215 g/mol. The SMILES string of the molecule is NNC(=O)CCCCn1ccsc1=O. The highest BCUT2D eigenvalue weighted by Crippen LogP contribution is 1.98. The molecule has 0 radical (unpaired) electrons. The summed E-state index contributed by atoms with van der Waals surface area (Å²) in [7, 11) is 0. The standard InChI is InChI=1S/C8H13N3O2S/c9-10-7(12)3-1-2-4-11-5-6-14-8(11)13/h5-6H,1-4,9H2,(H,10,12). The zero-order valence-corrected chi connectivity index (χ0v) is 8.55. The number of rotatable bonds is 5. The quantitative estimate of drug-likeness (QED) is 0.316. The number of aromatic nitrogens is 1. The molecule has 1 amide bonds. The Morgan fingerprint density at radius 2 is 2.36 bits per heavy atom. The second-order valence-electron chi connectivity index (χ2n) is 2.89. The molecule has 1 heterocycles. The van der Waals surface area contributed by atoms with Gasteiger partial charge in [-0.05, 0) is 12.8 Å². The zero-order valence-electron chi connectivity index (χ0n) is 7.73. The van der Waals surface area contributed by atoms with E-state index < -0.39 is 0 Å². The molecule has 3 N–H and O–H groups in total. The van der Waals surface area contributed by atoms with Crippen molar-refractivity contribution in [3.05, 3.63) is 21.2 Å². The van der Waals surface area contributed by atoms with Crippen LogP contribution in [0.1, 0.15) is 19.3 Å². The van der Waals surface area contributed by atoms with E-state index in [1.54, 1.807) is 16.1 Å². The van der Waals surface area contributed by atoms with Gasteiger partial charge in [-0.1, -0.05) is 11.3 Å². The van der Waals surface area contributed by atoms with E-state index in [0.717, 1.165) is 12.8 Å². The van der Waals surface area contributed by atoms with Gasteiger partial charge in [0.15, 0.2) is 0 Å². The van der Waals surface area contributed by atoms with E-state index >= 15 is 0 Å². The maximum atomic E-state index is 11.1. The summed E-state index contributed by atoms with van der Waals surface area (Å²) in [6.07, 6.45) is 3.72. The first kappa shape index (κ1) is 10.9. The average Bonchev–Trinajstić information content (AvgIpc) is 2.58. The average molecular weight is 215 g/mol. The number of nitrogens with two attached hydrogens (primary N) is 1. The lowest BCUT2D eigenvalue weighted by Gasteiger charge is -2.00. The van der Waals surface area contributed by atoms with E-state index in [-0.39, 0.29) is 10.8 Å².